The summed E-state index contributed by atoms with van der Waals surface area (Å²) in [6.45, 7) is 1.84. The second-order valence-electron chi connectivity index (χ2n) is 7.66. The lowest BCUT2D eigenvalue weighted by atomic mass is 10.1. The number of halogens is 2. The zero-order valence-electron chi connectivity index (χ0n) is 18.1. The third-order valence-electron chi connectivity index (χ3n) is 5.28. The van der Waals surface area contributed by atoms with Crippen molar-refractivity contribution in [3.05, 3.63) is 105 Å². The van der Waals surface area contributed by atoms with Gasteiger partial charge >= 0.3 is 0 Å². The van der Waals surface area contributed by atoms with Gasteiger partial charge in [-0.1, -0.05) is 59.8 Å². The Morgan fingerprint density at radius 1 is 1.15 bits per heavy atom. The predicted octanol–water partition coefficient (Wildman–Crippen LogP) is 5.85. The lowest BCUT2D eigenvalue weighted by Gasteiger charge is -2.18. The predicted molar refractivity (Wildman–Crippen MR) is 133 cm³/mol. The molecule has 0 aliphatic carbocycles. The van der Waals surface area contributed by atoms with Crippen molar-refractivity contribution in [3.63, 3.8) is 0 Å². The molecule has 1 atom stereocenters. The van der Waals surface area contributed by atoms with Crippen molar-refractivity contribution in [2.45, 2.75) is 18.6 Å². The molecule has 3 aromatic carbocycles. The van der Waals surface area contributed by atoms with Gasteiger partial charge in [-0.15, -0.1) is 0 Å². The molecule has 4 rings (SSSR count). The number of nitriles is 1. The van der Waals surface area contributed by atoms with E-state index in [9.17, 15) is 19.2 Å². The van der Waals surface area contributed by atoms with Crippen LogP contribution in [0.2, 0.25) is 5.02 Å². The molecule has 3 aromatic rings. The van der Waals surface area contributed by atoms with Crippen LogP contribution in [0.4, 0.5) is 15.8 Å². The van der Waals surface area contributed by atoms with Crippen molar-refractivity contribution in [2.24, 2.45) is 0 Å². The molecule has 34 heavy (non-hydrogen) atoms. The molecule has 170 valence electrons. The van der Waals surface area contributed by atoms with Gasteiger partial charge < -0.3 is 5.32 Å². The first-order valence-corrected chi connectivity index (χ1v) is 11.6. The Hall–Kier alpha value is -3.60. The summed E-state index contributed by atoms with van der Waals surface area (Å²) in [7, 11) is 0. The number of carbonyl (C=O) groups excluding carboxylic acids is 2. The number of carbonyl (C=O) groups is 2. The number of para-hydroxylation sites is 1. The summed E-state index contributed by atoms with van der Waals surface area (Å²) in [4.78, 5) is 27.9. The Kier molecular flexibility index (Phi) is 7.01. The number of hydrogen-bond donors (Lipinski definition) is 1. The van der Waals surface area contributed by atoms with Crippen molar-refractivity contribution in [1.29, 1.82) is 5.26 Å². The van der Waals surface area contributed by atoms with Crippen LogP contribution in [0.25, 0.3) is 0 Å². The van der Waals surface area contributed by atoms with E-state index in [2.05, 4.69) is 5.32 Å². The van der Waals surface area contributed by atoms with Crippen LogP contribution in [-0.4, -0.2) is 17.1 Å². The van der Waals surface area contributed by atoms with Gasteiger partial charge in [0, 0.05) is 16.4 Å². The number of aryl methyl sites for hydroxylation is 1. The van der Waals surface area contributed by atoms with Gasteiger partial charge in [0.1, 0.15) is 22.5 Å². The fourth-order valence-corrected chi connectivity index (χ4v) is 4.99. The maximum Gasteiger partial charge on any atom is 0.269 e. The fraction of sp³-hybridized carbons (Fsp3) is 0.115. The Labute approximate surface area is 205 Å². The standard InChI is InChI=1S/C26H19ClFN3O2S/c1-16-7-12-19(14-22(16)27)30-24(32)21(15-29)26-31(20-5-3-2-4-6-20)25(33)23(34-26)13-17-8-10-18(28)11-9-17/h2-12,14,23H,13H2,1H3,(H,30,32)/b26-21-/t23-/m0/s1. The monoisotopic (exact) mass is 491 g/mol. The normalized spacial score (nSPS) is 16.8. The third-order valence-corrected chi connectivity index (χ3v) is 6.95. The van der Waals surface area contributed by atoms with Crippen LogP contribution in [-0.2, 0) is 16.0 Å². The van der Waals surface area contributed by atoms with Gasteiger partial charge in [-0.05, 0) is 60.9 Å². The number of anilines is 2. The van der Waals surface area contributed by atoms with Gasteiger partial charge in [-0.2, -0.15) is 5.26 Å². The van der Waals surface area contributed by atoms with Gasteiger partial charge in [0.25, 0.3) is 5.91 Å². The zero-order chi connectivity index (χ0) is 24.2. The van der Waals surface area contributed by atoms with E-state index in [-0.39, 0.29) is 22.3 Å². The molecule has 1 aliphatic heterocycles. The first-order valence-electron chi connectivity index (χ1n) is 10.4. The van der Waals surface area contributed by atoms with E-state index in [1.165, 1.54) is 17.0 Å². The van der Waals surface area contributed by atoms with Crippen molar-refractivity contribution >= 4 is 46.6 Å². The van der Waals surface area contributed by atoms with Gasteiger partial charge in [-0.25, -0.2) is 4.39 Å². The Morgan fingerprint density at radius 3 is 2.50 bits per heavy atom. The summed E-state index contributed by atoms with van der Waals surface area (Å²) >= 11 is 7.31. The molecular formula is C26H19ClFN3O2S. The number of nitrogens with zero attached hydrogens (tertiary/aromatic N) is 2. The summed E-state index contributed by atoms with van der Waals surface area (Å²) < 4.78 is 13.3. The van der Waals surface area contributed by atoms with Crippen molar-refractivity contribution in [3.8, 4) is 6.07 Å². The van der Waals surface area contributed by atoms with Crippen LogP contribution in [0, 0.1) is 24.1 Å². The van der Waals surface area contributed by atoms with E-state index in [1.54, 1.807) is 54.6 Å². The lowest BCUT2D eigenvalue weighted by molar-refractivity contribution is -0.117. The SMILES string of the molecule is Cc1ccc(NC(=O)/C(C#N)=C2\S[C@@H](Cc3ccc(F)cc3)C(=O)N2c2ccccc2)cc1Cl. The molecular weight excluding hydrogens is 473 g/mol. The molecule has 0 aromatic heterocycles. The molecule has 1 heterocycles. The number of amides is 2. The highest BCUT2D eigenvalue weighted by Gasteiger charge is 2.40. The van der Waals surface area contributed by atoms with Gasteiger partial charge in [0.15, 0.2) is 0 Å². The van der Waals surface area contributed by atoms with E-state index in [0.717, 1.165) is 22.9 Å². The van der Waals surface area contributed by atoms with Crippen LogP contribution in [0.3, 0.4) is 0 Å². The molecule has 0 bridgehead atoms. The smallest absolute Gasteiger partial charge is 0.269 e. The third kappa shape index (κ3) is 4.98. The molecule has 8 heteroatoms. The maximum atomic E-state index is 13.4. The topological polar surface area (TPSA) is 73.2 Å². The molecule has 2 amide bonds. The van der Waals surface area contributed by atoms with Gasteiger partial charge in [0.2, 0.25) is 5.91 Å². The Bertz CT molecular complexity index is 1320. The number of rotatable bonds is 5. The Morgan fingerprint density at radius 2 is 1.85 bits per heavy atom. The molecule has 0 radical (unpaired) electrons. The zero-order valence-corrected chi connectivity index (χ0v) is 19.7. The highest BCUT2D eigenvalue weighted by Crippen LogP contribution is 2.42. The van der Waals surface area contributed by atoms with E-state index >= 15 is 0 Å². The quantitative estimate of drug-likeness (QED) is 0.359. The highest BCUT2D eigenvalue weighted by atomic mass is 35.5. The van der Waals surface area contributed by atoms with E-state index < -0.39 is 11.2 Å². The minimum Gasteiger partial charge on any atom is -0.321 e. The van der Waals surface area contributed by atoms with Gasteiger partial charge in [0.05, 0.1) is 5.25 Å². The van der Waals surface area contributed by atoms with Gasteiger partial charge in [-0.3, -0.25) is 14.5 Å². The number of hydrogen-bond acceptors (Lipinski definition) is 4. The fourth-order valence-electron chi connectivity index (χ4n) is 3.50. The molecule has 1 saturated heterocycles. The second-order valence-corrected chi connectivity index (χ2v) is 9.25. The molecule has 0 saturated carbocycles. The lowest BCUT2D eigenvalue weighted by Crippen LogP contribution is -2.30. The van der Waals surface area contributed by atoms with E-state index in [1.807, 2.05) is 19.1 Å². The van der Waals surface area contributed by atoms with Crippen molar-refractivity contribution < 1.29 is 14.0 Å². The molecule has 1 N–H and O–H groups in total. The van der Waals surface area contributed by atoms with Crippen molar-refractivity contribution in [1.82, 2.24) is 0 Å². The number of thioether (sulfide) groups is 1. The van der Waals surface area contributed by atoms with Crippen LogP contribution in [0.1, 0.15) is 11.1 Å². The summed E-state index contributed by atoms with van der Waals surface area (Å²) in [5.74, 6) is -1.25. The Balaban J connectivity index is 1.70. The summed E-state index contributed by atoms with van der Waals surface area (Å²) in [6.07, 6.45) is 0.324. The van der Waals surface area contributed by atoms with Crippen LogP contribution in [0.15, 0.2) is 83.4 Å². The summed E-state index contributed by atoms with van der Waals surface area (Å²) in [5.41, 5.74) is 2.45. The first kappa shape index (κ1) is 23.6. The minimum absolute atomic E-state index is 0.180. The molecule has 0 unspecified atom stereocenters. The molecule has 1 fully saturated rings. The van der Waals surface area contributed by atoms with Crippen LogP contribution in [0.5, 0.6) is 0 Å². The maximum absolute atomic E-state index is 13.4. The number of benzene rings is 3. The second kappa shape index (κ2) is 10.1. The average Bonchev–Trinajstić information content (AvgIpc) is 3.14. The van der Waals surface area contributed by atoms with Crippen LogP contribution < -0.4 is 10.2 Å². The molecule has 1 aliphatic rings. The summed E-state index contributed by atoms with van der Waals surface area (Å²) in [5, 5.41) is 12.8. The van der Waals surface area contributed by atoms with Crippen LogP contribution >= 0.6 is 23.4 Å². The average molecular weight is 492 g/mol. The molecule has 0 spiro atoms. The minimum atomic E-state index is -0.638. The molecule has 5 nitrogen and oxygen atoms in total. The summed E-state index contributed by atoms with van der Waals surface area (Å²) in [6, 6.07) is 21.8. The highest BCUT2D eigenvalue weighted by molar-refractivity contribution is 8.05. The van der Waals surface area contributed by atoms with E-state index in [4.69, 9.17) is 11.6 Å². The van der Waals surface area contributed by atoms with E-state index in [0.29, 0.717) is 22.8 Å². The largest absolute Gasteiger partial charge is 0.321 e. The first-order chi connectivity index (χ1) is 16.4. The number of nitrogens with one attached hydrogen (secondary N) is 1. The van der Waals surface area contributed by atoms with Crippen molar-refractivity contribution in [2.75, 3.05) is 10.2 Å².